The van der Waals surface area contributed by atoms with Gasteiger partial charge in [0.15, 0.2) is 10.0 Å². The number of rotatable bonds is 12. The molecule has 2 saturated heterocycles. The topological polar surface area (TPSA) is 238 Å². The molecule has 0 saturated carbocycles. The zero-order valence-corrected chi connectivity index (χ0v) is 41.1. The van der Waals surface area contributed by atoms with Crippen LogP contribution in [0.1, 0.15) is 73.0 Å². The van der Waals surface area contributed by atoms with E-state index in [9.17, 15) is 14.7 Å². The maximum atomic E-state index is 12.9. The number of carbonyl (C=O) groups excluding carboxylic acids is 2. The number of hydrogen-bond acceptors (Lipinski definition) is 20. The molecule has 0 radical (unpaired) electrons. The minimum atomic E-state index is -0.479. The summed E-state index contributed by atoms with van der Waals surface area (Å²) in [5.74, 6) is 1.13. The Hall–Kier alpha value is -6.30. The lowest BCUT2D eigenvalue weighted by molar-refractivity contribution is 0.0472. The number of hydrogen-bond donors (Lipinski definition) is 6. The first-order valence-electron chi connectivity index (χ1n) is 22.4. The van der Waals surface area contributed by atoms with Gasteiger partial charge in [0, 0.05) is 91.6 Å². The van der Waals surface area contributed by atoms with Crippen LogP contribution in [-0.2, 0) is 0 Å². The Balaban J connectivity index is 0.000000170. The summed E-state index contributed by atoms with van der Waals surface area (Å²) in [6.07, 6.45) is 6.18. The van der Waals surface area contributed by atoms with Crippen molar-refractivity contribution in [3.8, 4) is 21.1 Å². The van der Waals surface area contributed by atoms with Crippen LogP contribution in [0.2, 0.25) is 0 Å². The fraction of sp³-hybridized carbons (Fsp3) is 0.348. The van der Waals surface area contributed by atoms with E-state index in [0.717, 1.165) is 80.0 Å². The molecule has 2 aliphatic heterocycles. The fourth-order valence-electron chi connectivity index (χ4n) is 7.76. The van der Waals surface area contributed by atoms with Crippen LogP contribution < -0.4 is 27.0 Å². The summed E-state index contributed by atoms with van der Waals surface area (Å²) in [6, 6.07) is 16.5. The number of nitrogens with two attached hydrogens (primary N) is 1. The summed E-state index contributed by atoms with van der Waals surface area (Å²) in [4.78, 5) is 47.1. The van der Waals surface area contributed by atoms with Gasteiger partial charge in [0.25, 0.3) is 11.8 Å². The van der Waals surface area contributed by atoms with Crippen molar-refractivity contribution in [2.24, 2.45) is 5.73 Å². The number of amides is 2. The highest BCUT2D eigenvalue weighted by atomic mass is 32.1. The molecule has 352 valence electrons. The second-order valence-corrected chi connectivity index (χ2v) is 20.9. The third kappa shape index (κ3) is 11.2. The highest BCUT2D eigenvalue weighted by molar-refractivity contribution is 7.17. The molecule has 2 fully saturated rings. The van der Waals surface area contributed by atoms with Crippen molar-refractivity contribution in [2.75, 3.05) is 47.4 Å². The smallest absolute Gasteiger partial charge is 0.284 e. The highest BCUT2D eigenvalue weighted by Gasteiger charge is 2.28. The Labute approximate surface area is 408 Å². The average molecular weight is 990 g/mol. The number of thiazole rings is 2. The maximum absolute atomic E-state index is 12.9. The van der Waals surface area contributed by atoms with Crippen LogP contribution in [0.3, 0.4) is 0 Å². The number of nitrogens with zero attached hydrogens (tertiary/aromatic N) is 10. The third-order valence-electron chi connectivity index (χ3n) is 11.1. The molecule has 0 spiro atoms. The SMILES string of the molecule is CC(C)Nc1cc(Nc2ccc3ncsc3c2)ncc1-c1nnc(C(=O)N2CCC(N)CC2)s1.CC(C)Nc1cc(Nc2ccc3ncsc3c2)ncc1-c1nnc(C(=O)N2CCCC(O)C2)s1. The van der Waals surface area contributed by atoms with Gasteiger partial charge in [-0.2, -0.15) is 0 Å². The lowest BCUT2D eigenvalue weighted by Crippen LogP contribution is -2.42. The predicted molar refractivity (Wildman–Crippen MR) is 274 cm³/mol. The zero-order valence-electron chi connectivity index (χ0n) is 37.8. The summed E-state index contributed by atoms with van der Waals surface area (Å²) in [5.41, 5.74) is 16.8. The van der Waals surface area contributed by atoms with Gasteiger partial charge >= 0.3 is 0 Å². The van der Waals surface area contributed by atoms with E-state index in [2.05, 4.69) is 101 Å². The van der Waals surface area contributed by atoms with Gasteiger partial charge in [0.05, 0.1) is 48.7 Å². The molecule has 18 nitrogen and oxygen atoms in total. The Morgan fingerprint density at radius 1 is 0.662 bits per heavy atom. The Kier molecular flexibility index (Phi) is 14.4. The second-order valence-electron chi connectivity index (χ2n) is 17.1. The third-order valence-corrected chi connectivity index (χ3v) is 14.6. The Morgan fingerprint density at radius 3 is 1.65 bits per heavy atom. The average Bonchev–Trinajstić information content (AvgIpc) is 4.17. The Bertz CT molecular complexity index is 3030. The maximum Gasteiger partial charge on any atom is 0.284 e. The van der Waals surface area contributed by atoms with Crippen LogP contribution in [0.15, 0.2) is 71.9 Å². The summed E-state index contributed by atoms with van der Waals surface area (Å²) >= 11 is 5.73. The minimum Gasteiger partial charge on any atom is -0.391 e. The number of piperidine rings is 2. The fourth-order valence-corrected chi connectivity index (χ4v) is 10.9. The van der Waals surface area contributed by atoms with E-state index in [-0.39, 0.29) is 29.9 Å². The largest absolute Gasteiger partial charge is 0.391 e. The summed E-state index contributed by atoms with van der Waals surface area (Å²) in [7, 11) is 0. The van der Waals surface area contributed by atoms with Crippen LogP contribution >= 0.6 is 45.3 Å². The van der Waals surface area contributed by atoms with Crippen molar-refractivity contribution in [3.63, 3.8) is 0 Å². The molecule has 6 aromatic heterocycles. The molecule has 68 heavy (non-hydrogen) atoms. The quantitative estimate of drug-likeness (QED) is 0.0671. The van der Waals surface area contributed by atoms with E-state index in [4.69, 9.17) is 5.73 Å². The summed E-state index contributed by atoms with van der Waals surface area (Å²) < 4.78 is 2.22. The number of β-amino-alcohol motifs (C(OH)–C–C–N with tert-alkyl or cyclic N) is 1. The molecule has 10 rings (SSSR count). The van der Waals surface area contributed by atoms with E-state index in [1.807, 2.05) is 52.3 Å². The number of aliphatic hydroxyl groups is 1. The zero-order chi connectivity index (χ0) is 47.3. The summed E-state index contributed by atoms with van der Waals surface area (Å²) in [6.45, 7) is 10.5. The molecule has 0 bridgehead atoms. The van der Waals surface area contributed by atoms with E-state index in [1.165, 1.54) is 22.7 Å². The molecular formula is C46H51N15O3S4. The number of benzene rings is 2. The molecule has 1 atom stereocenters. The molecular weight excluding hydrogens is 939 g/mol. The monoisotopic (exact) mass is 989 g/mol. The van der Waals surface area contributed by atoms with Crippen molar-refractivity contribution < 1.29 is 14.7 Å². The number of nitrogens with one attached hydrogen (secondary N) is 4. The molecule has 22 heteroatoms. The van der Waals surface area contributed by atoms with E-state index < -0.39 is 6.10 Å². The normalized spacial score (nSPS) is 15.4. The molecule has 1 unspecified atom stereocenters. The molecule has 2 aromatic carbocycles. The van der Waals surface area contributed by atoms with Crippen LogP contribution in [0, 0.1) is 0 Å². The second kappa shape index (κ2) is 20.9. The minimum absolute atomic E-state index is 0.0845. The molecule has 8 aromatic rings. The van der Waals surface area contributed by atoms with Gasteiger partial charge in [-0.15, -0.1) is 43.1 Å². The predicted octanol–water partition coefficient (Wildman–Crippen LogP) is 8.71. The van der Waals surface area contributed by atoms with Gasteiger partial charge in [0.1, 0.15) is 11.6 Å². The number of carbonyl (C=O) groups is 2. The molecule has 8 heterocycles. The van der Waals surface area contributed by atoms with Crippen molar-refractivity contribution in [2.45, 2.75) is 77.6 Å². The van der Waals surface area contributed by atoms with Gasteiger partial charge in [-0.1, -0.05) is 22.7 Å². The van der Waals surface area contributed by atoms with Gasteiger partial charge in [-0.25, -0.2) is 19.9 Å². The van der Waals surface area contributed by atoms with Crippen LogP contribution in [0.4, 0.5) is 34.4 Å². The first-order chi connectivity index (χ1) is 32.9. The highest BCUT2D eigenvalue weighted by Crippen LogP contribution is 2.36. The summed E-state index contributed by atoms with van der Waals surface area (Å²) in [5, 5.41) is 42.5. The van der Waals surface area contributed by atoms with E-state index in [1.54, 1.807) is 40.0 Å². The number of likely N-dealkylation sites (tertiary alicyclic amines) is 2. The number of aromatic nitrogens is 8. The molecule has 2 aliphatic rings. The first kappa shape index (κ1) is 46.8. The number of aliphatic hydroxyl groups excluding tert-OH is 1. The standard InChI is InChI=1S/C23H26N8OS2.C23H25N7O2S2/c1-13(2)27-18-10-20(28-15-3-4-17-19(9-15)33-12-26-17)25-11-16(18)21-29-30-22(34-21)23(32)31-7-5-14(24)6-8-31;1-13(2)26-18-9-20(27-14-5-6-17-19(8-14)33-12-25-17)24-10-16(18)21-28-29-22(34-21)23(32)30-7-3-4-15(31)11-30/h3-4,9-14H,5-8,24H2,1-2H3,(H2,25,27,28);5-6,8-10,12-13,15,31H,3-4,7,11H2,1-2H3,(H2,24,26,27). The van der Waals surface area contributed by atoms with Gasteiger partial charge < -0.3 is 41.9 Å². The van der Waals surface area contributed by atoms with Crippen molar-refractivity contribution in [1.82, 2.24) is 50.1 Å². The van der Waals surface area contributed by atoms with Crippen LogP contribution in [-0.4, -0.2) is 117 Å². The van der Waals surface area contributed by atoms with Gasteiger partial charge in [-0.05, 0) is 89.8 Å². The molecule has 2 amide bonds. The lowest BCUT2D eigenvalue weighted by atomic mass is 10.1. The van der Waals surface area contributed by atoms with Gasteiger partial charge in [-0.3, -0.25) is 9.59 Å². The number of fused-ring (bicyclic) bond motifs is 2. The van der Waals surface area contributed by atoms with Crippen LogP contribution in [0.25, 0.3) is 41.6 Å². The lowest BCUT2D eigenvalue weighted by Gasteiger charge is -2.29. The van der Waals surface area contributed by atoms with Crippen molar-refractivity contribution in [1.29, 1.82) is 0 Å². The van der Waals surface area contributed by atoms with Gasteiger partial charge in [0.2, 0.25) is 10.0 Å². The first-order valence-corrected chi connectivity index (χ1v) is 25.7. The van der Waals surface area contributed by atoms with Crippen molar-refractivity contribution >= 4 is 112 Å². The Morgan fingerprint density at radius 2 is 1.16 bits per heavy atom. The molecule has 7 N–H and O–H groups in total. The molecule has 0 aliphatic carbocycles. The van der Waals surface area contributed by atoms with E-state index in [0.29, 0.717) is 57.8 Å². The van der Waals surface area contributed by atoms with E-state index >= 15 is 0 Å². The van der Waals surface area contributed by atoms with Crippen molar-refractivity contribution in [3.05, 3.63) is 82.0 Å². The number of anilines is 6. The number of pyridine rings is 2. The van der Waals surface area contributed by atoms with Crippen LogP contribution in [0.5, 0.6) is 0 Å².